The van der Waals surface area contributed by atoms with E-state index in [-0.39, 0.29) is 12.2 Å². The highest BCUT2D eigenvalue weighted by molar-refractivity contribution is 5.89. The second kappa shape index (κ2) is 6.66. The lowest BCUT2D eigenvalue weighted by Crippen LogP contribution is -2.28. The first-order valence-electron chi connectivity index (χ1n) is 6.68. The highest BCUT2D eigenvalue weighted by Gasteiger charge is 2.12. The Labute approximate surface area is 127 Å². The summed E-state index contributed by atoms with van der Waals surface area (Å²) < 4.78 is 0. The molecule has 1 aromatic heterocycles. The standard InChI is InChI=1S/C15H16N4O3/c1-10-6-7-12(8-14(10)19(21)22)18-15(20)16-9-13-5-3-4-11(2)17-13/h3-8H,9H2,1-2H3,(H2,16,18,20). The van der Waals surface area contributed by atoms with Crippen LogP contribution in [0.15, 0.2) is 36.4 Å². The van der Waals surface area contributed by atoms with Gasteiger partial charge in [0.05, 0.1) is 17.2 Å². The molecule has 0 atom stereocenters. The molecule has 114 valence electrons. The molecular formula is C15H16N4O3. The van der Waals surface area contributed by atoms with Crippen LogP contribution in [0.2, 0.25) is 0 Å². The molecule has 0 radical (unpaired) electrons. The molecule has 0 spiro atoms. The molecule has 2 amide bonds. The van der Waals surface area contributed by atoms with Crippen molar-refractivity contribution in [3.63, 3.8) is 0 Å². The van der Waals surface area contributed by atoms with E-state index in [1.54, 1.807) is 19.1 Å². The van der Waals surface area contributed by atoms with Crippen molar-refractivity contribution in [1.29, 1.82) is 0 Å². The minimum Gasteiger partial charge on any atom is -0.332 e. The molecule has 7 heteroatoms. The van der Waals surface area contributed by atoms with Crippen molar-refractivity contribution in [2.45, 2.75) is 20.4 Å². The maximum atomic E-state index is 11.8. The van der Waals surface area contributed by atoms with E-state index in [9.17, 15) is 14.9 Å². The fraction of sp³-hybridized carbons (Fsp3) is 0.200. The fourth-order valence-electron chi connectivity index (χ4n) is 1.93. The van der Waals surface area contributed by atoms with Gasteiger partial charge in [0.2, 0.25) is 0 Å². The van der Waals surface area contributed by atoms with Gasteiger partial charge in [-0.2, -0.15) is 0 Å². The molecule has 22 heavy (non-hydrogen) atoms. The largest absolute Gasteiger partial charge is 0.332 e. The number of carbonyl (C=O) groups excluding carboxylic acids is 1. The number of amides is 2. The van der Waals surface area contributed by atoms with Gasteiger partial charge in [-0.3, -0.25) is 15.1 Å². The second-order valence-electron chi connectivity index (χ2n) is 4.84. The number of anilines is 1. The van der Waals surface area contributed by atoms with Gasteiger partial charge in [0, 0.05) is 23.0 Å². The topological polar surface area (TPSA) is 97.2 Å². The minimum atomic E-state index is -0.477. The lowest BCUT2D eigenvalue weighted by Gasteiger charge is -2.08. The Balaban J connectivity index is 1.97. The van der Waals surface area contributed by atoms with Crippen LogP contribution in [-0.2, 0) is 6.54 Å². The fourth-order valence-corrected chi connectivity index (χ4v) is 1.93. The Morgan fingerprint density at radius 2 is 2.05 bits per heavy atom. The molecule has 0 unspecified atom stereocenters. The summed E-state index contributed by atoms with van der Waals surface area (Å²) in [5, 5.41) is 16.1. The molecular weight excluding hydrogens is 284 g/mol. The summed E-state index contributed by atoms with van der Waals surface area (Å²) in [6.45, 7) is 3.79. The summed E-state index contributed by atoms with van der Waals surface area (Å²) >= 11 is 0. The van der Waals surface area contributed by atoms with E-state index in [1.165, 1.54) is 6.07 Å². The number of nitro benzene ring substituents is 1. The van der Waals surface area contributed by atoms with Crippen LogP contribution in [0.1, 0.15) is 17.0 Å². The summed E-state index contributed by atoms with van der Waals surface area (Å²) in [6.07, 6.45) is 0. The molecule has 2 aromatic rings. The molecule has 2 rings (SSSR count). The highest BCUT2D eigenvalue weighted by atomic mass is 16.6. The van der Waals surface area contributed by atoms with Gasteiger partial charge < -0.3 is 10.6 Å². The highest BCUT2D eigenvalue weighted by Crippen LogP contribution is 2.22. The molecule has 0 saturated carbocycles. The number of pyridine rings is 1. The van der Waals surface area contributed by atoms with Crippen LogP contribution >= 0.6 is 0 Å². The third kappa shape index (κ3) is 4.02. The third-order valence-electron chi connectivity index (χ3n) is 3.04. The number of nitro groups is 1. The number of rotatable bonds is 4. The average molecular weight is 300 g/mol. The van der Waals surface area contributed by atoms with E-state index in [1.807, 2.05) is 25.1 Å². The number of carbonyl (C=O) groups is 1. The number of nitrogens with one attached hydrogen (secondary N) is 2. The van der Waals surface area contributed by atoms with Crippen LogP contribution in [-0.4, -0.2) is 15.9 Å². The van der Waals surface area contributed by atoms with Gasteiger partial charge >= 0.3 is 6.03 Å². The molecule has 0 aliphatic rings. The molecule has 1 aromatic carbocycles. The van der Waals surface area contributed by atoms with E-state index in [2.05, 4.69) is 15.6 Å². The number of benzene rings is 1. The first-order valence-corrected chi connectivity index (χ1v) is 6.68. The smallest absolute Gasteiger partial charge is 0.319 e. The molecule has 0 aliphatic carbocycles. The average Bonchev–Trinajstić information content (AvgIpc) is 2.47. The Morgan fingerprint density at radius 1 is 1.27 bits per heavy atom. The van der Waals surface area contributed by atoms with Crippen LogP contribution in [0.5, 0.6) is 0 Å². The van der Waals surface area contributed by atoms with Crippen molar-refractivity contribution in [3.05, 3.63) is 63.5 Å². The van der Waals surface area contributed by atoms with E-state index >= 15 is 0 Å². The first kappa shape index (κ1) is 15.4. The number of aryl methyl sites for hydroxylation is 2. The van der Waals surface area contributed by atoms with E-state index in [0.717, 1.165) is 11.4 Å². The van der Waals surface area contributed by atoms with Crippen molar-refractivity contribution in [3.8, 4) is 0 Å². The van der Waals surface area contributed by atoms with Crippen LogP contribution in [0.3, 0.4) is 0 Å². The minimum absolute atomic E-state index is 0.0295. The molecule has 2 N–H and O–H groups in total. The van der Waals surface area contributed by atoms with Crippen molar-refractivity contribution < 1.29 is 9.72 Å². The van der Waals surface area contributed by atoms with Crippen molar-refractivity contribution in [1.82, 2.24) is 10.3 Å². The predicted octanol–water partition coefficient (Wildman–Crippen LogP) is 2.93. The summed E-state index contributed by atoms with van der Waals surface area (Å²) in [4.78, 5) is 26.5. The monoisotopic (exact) mass is 300 g/mol. The summed E-state index contributed by atoms with van der Waals surface area (Å²) in [7, 11) is 0. The van der Waals surface area contributed by atoms with Crippen LogP contribution in [0, 0.1) is 24.0 Å². The quantitative estimate of drug-likeness (QED) is 0.670. The molecule has 0 aliphatic heterocycles. The van der Waals surface area contributed by atoms with Crippen molar-refractivity contribution >= 4 is 17.4 Å². The second-order valence-corrected chi connectivity index (χ2v) is 4.84. The molecule has 0 saturated heterocycles. The molecule has 0 fully saturated rings. The number of urea groups is 1. The zero-order chi connectivity index (χ0) is 16.1. The Morgan fingerprint density at radius 3 is 2.73 bits per heavy atom. The SMILES string of the molecule is Cc1cccc(CNC(=O)Nc2ccc(C)c([N+](=O)[O-])c2)n1. The third-order valence-corrected chi connectivity index (χ3v) is 3.04. The lowest BCUT2D eigenvalue weighted by atomic mass is 10.2. The van der Waals surface area contributed by atoms with Gasteiger partial charge in [-0.05, 0) is 32.0 Å². The van der Waals surface area contributed by atoms with Crippen LogP contribution in [0.4, 0.5) is 16.2 Å². The Bertz CT molecular complexity index is 716. The van der Waals surface area contributed by atoms with Gasteiger partial charge in [0.15, 0.2) is 0 Å². The maximum absolute atomic E-state index is 11.8. The maximum Gasteiger partial charge on any atom is 0.319 e. The lowest BCUT2D eigenvalue weighted by molar-refractivity contribution is -0.385. The summed E-state index contributed by atoms with van der Waals surface area (Å²) in [6, 6.07) is 9.64. The van der Waals surface area contributed by atoms with Gasteiger partial charge in [-0.1, -0.05) is 12.1 Å². The number of aromatic nitrogens is 1. The molecule has 7 nitrogen and oxygen atoms in total. The van der Waals surface area contributed by atoms with Crippen LogP contribution < -0.4 is 10.6 Å². The normalized spacial score (nSPS) is 10.1. The molecule has 0 bridgehead atoms. The summed E-state index contributed by atoms with van der Waals surface area (Å²) in [5.74, 6) is 0. The van der Waals surface area contributed by atoms with Gasteiger partial charge in [-0.25, -0.2) is 4.79 Å². The van der Waals surface area contributed by atoms with Crippen molar-refractivity contribution in [2.24, 2.45) is 0 Å². The molecule has 1 heterocycles. The van der Waals surface area contributed by atoms with E-state index in [0.29, 0.717) is 11.3 Å². The number of hydrogen-bond donors (Lipinski definition) is 2. The number of hydrogen-bond acceptors (Lipinski definition) is 4. The van der Waals surface area contributed by atoms with E-state index in [4.69, 9.17) is 0 Å². The zero-order valence-electron chi connectivity index (χ0n) is 12.3. The first-order chi connectivity index (χ1) is 10.5. The van der Waals surface area contributed by atoms with Gasteiger partial charge in [-0.15, -0.1) is 0 Å². The van der Waals surface area contributed by atoms with Gasteiger partial charge in [0.1, 0.15) is 0 Å². The Hall–Kier alpha value is -2.96. The van der Waals surface area contributed by atoms with Crippen molar-refractivity contribution in [2.75, 3.05) is 5.32 Å². The van der Waals surface area contributed by atoms with Crippen LogP contribution in [0.25, 0.3) is 0 Å². The summed E-state index contributed by atoms with van der Waals surface area (Å²) in [5.41, 5.74) is 2.49. The van der Waals surface area contributed by atoms with Gasteiger partial charge in [0.25, 0.3) is 5.69 Å². The predicted molar refractivity (Wildman–Crippen MR) is 82.7 cm³/mol. The Kier molecular flexibility index (Phi) is 4.67. The zero-order valence-corrected chi connectivity index (χ0v) is 12.3. The number of nitrogens with zero attached hydrogens (tertiary/aromatic N) is 2. The van der Waals surface area contributed by atoms with E-state index < -0.39 is 11.0 Å².